The summed E-state index contributed by atoms with van der Waals surface area (Å²) in [6.07, 6.45) is 7.38. The van der Waals surface area contributed by atoms with Gasteiger partial charge in [0.15, 0.2) is 0 Å². The van der Waals surface area contributed by atoms with E-state index in [0.717, 1.165) is 0 Å². The normalized spacial score (nSPS) is 14.7. The van der Waals surface area contributed by atoms with Gasteiger partial charge in [-0.15, -0.1) is 0 Å². The van der Waals surface area contributed by atoms with Crippen molar-refractivity contribution in [2.75, 3.05) is 12.3 Å². The van der Waals surface area contributed by atoms with Gasteiger partial charge in [-0.05, 0) is 0 Å². The molecule has 0 rings (SSSR count). The van der Waals surface area contributed by atoms with Crippen molar-refractivity contribution < 1.29 is 8.43 Å². The molecular weight excluding hydrogens is 287 g/mol. The van der Waals surface area contributed by atoms with E-state index in [1.165, 1.54) is 38.0 Å². The average molecular weight is 325 g/mol. The molecule has 0 aromatic carbocycles. The van der Waals surface area contributed by atoms with Crippen LogP contribution in [0.15, 0.2) is 0 Å². The average Bonchev–Trinajstić information content (AvgIpc) is 2.19. The van der Waals surface area contributed by atoms with Crippen molar-refractivity contribution in [3.05, 3.63) is 0 Å². The third kappa shape index (κ3) is 10.2. The number of rotatable bonds is 10. The van der Waals surface area contributed by atoms with E-state index in [1.54, 1.807) is 0 Å². The summed E-state index contributed by atoms with van der Waals surface area (Å²) in [7, 11) is -5.05. The van der Waals surface area contributed by atoms with Crippen LogP contribution < -0.4 is 0 Å². The Hall–Kier alpha value is 0.784. The molecule has 0 atom stereocenters. The zero-order valence-corrected chi connectivity index (χ0v) is 17.6. The second-order valence-electron chi connectivity index (χ2n) is 7.55. The quantitative estimate of drug-likeness (QED) is 0.369. The molecule has 5 heteroatoms. The summed E-state index contributed by atoms with van der Waals surface area (Å²) in [6, 6.07) is 0. The summed E-state index contributed by atoms with van der Waals surface area (Å²) < 4.78 is 13.4. The Balaban J connectivity index is 5.06. The summed E-state index contributed by atoms with van der Waals surface area (Å²) in [5.41, 5.74) is 0. The van der Waals surface area contributed by atoms with Crippen LogP contribution in [0.3, 0.4) is 0 Å². The fourth-order valence-electron chi connectivity index (χ4n) is 2.36. The van der Waals surface area contributed by atoms with Gasteiger partial charge >= 0.3 is 124 Å². The second kappa shape index (κ2) is 8.28. The van der Waals surface area contributed by atoms with E-state index < -0.39 is 24.4 Å². The summed E-state index contributed by atoms with van der Waals surface area (Å²) in [6.45, 7) is 18.4. The second-order valence-corrected chi connectivity index (χ2v) is 20.5. The number of unbranched alkanes of at least 4 members (excludes halogenated alkanes) is 2. The molecule has 0 aliphatic rings. The molecule has 0 fully saturated rings. The SMILES string of the molecule is CCCC[PH](CCCC)(O[Si](C)(C)C)O[Si](C)(C)C. The van der Waals surface area contributed by atoms with E-state index in [2.05, 4.69) is 53.1 Å². The first kappa shape index (κ1) is 19.8. The Labute approximate surface area is 124 Å². The Morgan fingerprint density at radius 1 is 0.684 bits per heavy atom. The maximum absolute atomic E-state index is 6.70. The molecule has 0 saturated carbocycles. The van der Waals surface area contributed by atoms with Gasteiger partial charge in [0.2, 0.25) is 0 Å². The third-order valence-corrected chi connectivity index (χ3v) is 12.9. The van der Waals surface area contributed by atoms with E-state index >= 15 is 0 Å². The van der Waals surface area contributed by atoms with Crippen molar-refractivity contribution >= 4 is 24.4 Å². The summed E-state index contributed by atoms with van der Waals surface area (Å²) in [4.78, 5) is 0. The van der Waals surface area contributed by atoms with Crippen LogP contribution in [-0.2, 0) is 8.43 Å². The monoisotopic (exact) mass is 324 g/mol. The molecule has 0 radical (unpaired) electrons. The van der Waals surface area contributed by atoms with Crippen molar-refractivity contribution in [3.63, 3.8) is 0 Å². The van der Waals surface area contributed by atoms with Crippen LogP contribution in [0.25, 0.3) is 0 Å². The molecule has 0 unspecified atom stereocenters. The predicted molar refractivity (Wildman–Crippen MR) is 96.7 cm³/mol. The zero-order valence-electron chi connectivity index (χ0n) is 14.6. The Bertz CT molecular complexity index is 221. The molecule has 0 bridgehead atoms. The van der Waals surface area contributed by atoms with Crippen molar-refractivity contribution in [2.24, 2.45) is 0 Å². The van der Waals surface area contributed by atoms with Crippen molar-refractivity contribution in [1.29, 1.82) is 0 Å². The van der Waals surface area contributed by atoms with Crippen LogP contribution >= 0.6 is 7.72 Å². The standard InChI is InChI=1S/C14H37O2PSi2/c1-9-11-13-17(14-12-10-2,15-18(3,4)5)16-19(6,7)8/h17H,9-14H2,1-8H3. The van der Waals surface area contributed by atoms with Gasteiger partial charge in [-0.2, -0.15) is 0 Å². The molecule has 0 aliphatic heterocycles. The van der Waals surface area contributed by atoms with Crippen LogP contribution in [0.2, 0.25) is 39.3 Å². The molecule has 0 heterocycles. The van der Waals surface area contributed by atoms with E-state index in [9.17, 15) is 0 Å². The molecule has 0 aliphatic carbocycles. The molecular formula is C14H37O2PSi2. The first-order valence-electron chi connectivity index (χ1n) is 7.94. The van der Waals surface area contributed by atoms with Crippen molar-refractivity contribution in [2.45, 2.75) is 78.8 Å². The van der Waals surface area contributed by atoms with Gasteiger partial charge in [0, 0.05) is 0 Å². The Morgan fingerprint density at radius 2 is 1.00 bits per heavy atom. The molecule has 0 amide bonds. The van der Waals surface area contributed by atoms with Gasteiger partial charge in [0.05, 0.1) is 0 Å². The molecule has 0 spiro atoms. The maximum atomic E-state index is 6.70. The fourth-order valence-corrected chi connectivity index (χ4v) is 15.5. The summed E-state index contributed by atoms with van der Waals surface area (Å²) in [5, 5.41) is 0. The topological polar surface area (TPSA) is 18.5 Å². The first-order chi connectivity index (χ1) is 8.54. The van der Waals surface area contributed by atoms with Gasteiger partial charge in [-0.1, -0.05) is 0 Å². The molecule has 19 heavy (non-hydrogen) atoms. The molecule has 2 nitrogen and oxygen atoms in total. The van der Waals surface area contributed by atoms with Crippen LogP contribution in [-0.4, -0.2) is 29.0 Å². The molecule has 0 aromatic heterocycles. The van der Waals surface area contributed by atoms with E-state index in [1.807, 2.05) is 0 Å². The van der Waals surface area contributed by atoms with Gasteiger partial charge in [-0.3, -0.25) is 0 Å². The molecule has 0 aromatic rings. The Morgan fingerprint density at radius 3 is 1.21 bits per heavy atom. The minimum absolute atomic E-state index is 1.19. The van der Waals surface area contributed by atoms with Crippen LogP contribution in [0.1, 0.15) is 39.5 Å². The van der Waals surface area contributed by atoms with Crippen LogP contribution in [0, 0.1) is 0 Å². The van der Waals surface area contributed by atoms with Gasteiger partial charge in [-0.25, -0.2) is 0 Å². The zero-order chi connectivity index (χ0) is 15.2. The van der Waals surface area contributed by atoms with Gasteiger partial charge in [0.1, 0.15) is 0 Å². The van der Waals surface area contributed by atoms with Crippen molar-refractivity contribution in [3.8, 4) is 0 Å². The predicted octanol–water partition coefficient (Wildman–Crippen LogP) is 5.87. The number of hydrogen-bond acceptors (Lipinski definition) is 2. The summed E-state index contributed by atoms with van der Waals surface area (Å²) in [5.74, 6) is 0. The molecule has 0 saturated heterocycles. The van der Waals surface area contributed by atoms with E-state index in [4.69, 9.17) is 8.43 Å². The molecule has 118 valence electrons. The third-order valence-electron chi connectivity index (χ3n) is 2.81. The van der Waals surface area contributed by atoms with Crippen LogP contribution in [0.5, 0.6) is 0 Å². The van der Waals surface area contributed by atoms with E-state index in [-0.39, 0.29) is 0 Å². The Kier molecular flexibility index (Phi) is 8.62. The summed E-state index contributed by atoms with van der Waals surface area (Å²) >= 11 is 0. The van der Waals surface area contributed by atoms with Gasteiger partial charge < -0.3 is 0 Å². The molecule has 0 N–H and O–H groups in total. The van der Waals surface area contributed by atoms with Crippen molar-refractivity contribution in [1.82, 2.24) is 0 Å². The van der Waals surface area contributed by atoms with Gasteiger partial charge in [0.25, 0.3) is 0 Å². The number of hydrogen-bond donors (Lipinski definition) is 0. The van der Waals surface area contributed by atoms with Crippen LogP contribution in [0.4, 0.5) is 0 Å². The minimum atomic E-state index is -1.98. The fraction of sp³-hybridized carbons (Fsp3) is 1.00. The first-order valence-corrected chi connectivity index (χ1v) is 17.0. The van der Waals surface area contributed by atoms with E-state index in [0.29, 0.717) is 0 Å².